The third-order valence-electron chi connectivity index (χ3n) is 2.03. The van der Waals surface area contributed by atoms with Gasteiger partial charge in [0.1, 0.15) is 0 Å². The first-order chi connectivity index (χ1) is 9.24. The standard InChI is InChI=1S/C8H20O4Si.C4H8O2/c1-5-9-13(10-6-2,11-7-3)12-8-4;1-2-6-4-3-5-1/h5-8H2,1-4H3;1-4H2. The second kappa shape index (κ2) is 13.0. The molecule has 1 rings (SSSR count). The summed E-state index contributed by atoms with van der Waals surface area (Å²) < 4.78 is 31.6. The fraction of sp³-hybridized carbons (Fsp3) is 1.00. The van der Waals surface area contributed by atoms with Crippen molar-refractivity contribution in [1.29, 1.82) is 0 Å². The summed E-state index contributed by atoms with van der Waals surface area (Å²) in [6.45, 7) is 12.9. The minimum Gasteiger partial charge on any atom is -0.377 e. The smallest absolute Gasteiger partial charge is 0.377 e. The maximum Gasteiger partial charge on any atom is 0.679 e. The Morgan fingerprint density at radius 3 is 1.05 bits per heavy atom. The fourth-order valence-corrected chi connectivity index (χ4v) is 3.31. The maximum absolute atomic E-state index is 5.42. The minimum absolute atomic E-state index is 0.548. The Hall–Kier alpha value is -0.0231. The molecule has 0 radical (unpaired) electrons. The molecule has 0 aromatic carbocycles. The van der Waals surface area contributed by atoms with E-state index in [0.717, 1.165) is 26.4 Å². The molecule has 0 bridgehead atoms. The van der Waals surface area contributed by atoms with Gasteiger partial charge in [0.15, 0.2) is 0 Å². The van der Waals surface area contributed by atoms with Crippen LogP contribution in [0.1, 0.15) is 27.7 Å². The first-order valence-electron chi connectivity index (χ1n) is 6.95. The van der Waals surface area contributed by atoms with E-state index in [-0.39, 0.29) is 0 Å². The highest BCUT2D eigenvalue weighted by Crippen LogP contribution is 2.11. The molecule has 0 amide bonds. The van der Waals surface area contributed by atoms with E-state index in [1.807, 2.05) is 27.7 Å². The van der Waals surface area contributed by atoms with Gasteiger partial charge in [0.25, 0.3) is 0 Å². The zero-order valence-corrected chi connectivity index (χ0v) is 13.6. The Morgan fingerprint density at radius 2 is 0.895 bits per heavy atom. The van der Waals surface area contributed by atoms with Gasteiger partial charge in [-0.25, -0.2) is 0 Å². The predicted octanol–water partition coefficient (Wildman–Crippen LogP) is 1.60. The normalized spacial score (nSPS) is 15.8. The maximum atomic E-state index is 5.42. The van der Waals surface area contributed by atoms with Gasteiger partial charge >= 0.3 is 9.05 Å². The highest BCUT2D eigenvalue weighted by Gasteiger charge is 2.44. The number of hydrogen-bond donors (Lipinski definition) is 0. The molecule has 0 aliphatic carbocycles. The minimum atomic E-state index is -2.80. The van der Waals surface area contributed by atoms with Crippen LogP contribution in [0.15, 0.2) is 0 Å². The average molecular weight is 296 g/mol. The van der Waals surface area contributed by atoms with Crippen LogP contribution in [0.25, 0.3) is 0 Å². The number of ether oxygens (including phenoxy) is 2. The van der Waals surface area contributed by atoms with Gasteiger partial charge in [0.05, 0.1) is 26.4 Å². The Kier molecular flexibility index (Phi) is 13.0. The Balaban J connectivity index is 0.000000443. The van der Waals surface area contributed by atoms with Gasteiger partial charge in [0.2, 0.25) is 0 Å². The summed E-state index contributed by atoms with van der Waals surface area (Å²) in [6.07, 6.45) is 0. The summed E-state index contributed by atoms with van der Waals surface area (Å²) in [5.41, 5.74) is 0. The number of rotatable bonds is 8. The van der Waals surface area contributed by atoms with Crippen LogP contribution >= 0.6 is 0 Å². The van der Waals surface area contributed by atoms with Crippen molar-refractivity contribution in [3.8, 4) is 0 Å². The third-order valence-corrected chi connectivity index (χ3v) is 4.60. The highest BCUT2D eigenvalue weighted by molar-refractivity contribution is 6.53. The SMILES string of the molecule is C1COCCO1.CCO[Si](OCC)(OCC)OCC. The molecule has 1 aliphatic rings. The van der Waals surface area contributed by atoms with E-state index in [4.69, 9.17) is 27.2 Å². The van der Waals surface area contributed by atoms with E-state index in [0.29, 0.717) is 26.4 Å². The Morgan fingerprint density at radius 1 is 0.632 bits per heavy atom. The second-order valence-corrected chi connectivity index (χ2v) is 5.61. The first-order valence-corrected chi connectivity index (χ1v) is 8.59. The molecule has 6 nitrogen and oxygen atoms in total. The van der Waals surface area contributed by atoms with Crippen molar-refractivity contribution in [1.82, 2.24) is 0 Å². The van der Waals surface area contributed by atoms with Gasteiger partial charge in [-0.15, -0.1) is 0 Å². The molecule has 1 aliphatic heterocycles. The van der Waals surface area contributed by atoms with E-state index < -0.39 is 9.05 Å². The first kappa shape index (κ1) is 19.0. The van der Waals surface area contributed by atoms with Crippen molar-refractivity contribution in [2.24, 2.45) is 0 Å². The predicted molar refractivity (Wildman–Crippen MR) is 73.9 cm³/mol. The van der Waals surface area contributed by atoms with Crippen molar-refractivity contribution in [3.63, 3.8) is 0 Å². The van der Waals surface area contributed by atoms with Gasteiger partial charge in [-0.2, -0.15) is 0 Å². The summed E-state index contributed by atoms with van der Waals surface area (Å²) in [5.74, 6) is 0. The van der Waals surface area contributed by atoms with Crippen molar-refractivity contribution < 1.29 is 27.2 Å². The molecular formula is C12H28O6Si. The summed E-state index contributed by atoms with van der Waals surface area (Å²) in [6, 6.07) is 0. The number of hydrogen-bond acceptors (Lipinski definition) is 6. The van der Waals surface area contributed by atoms with E-state index in [1.54, 1.807) is 0 Å². The Bertz CT molecular complexity index is 148. The van der Waals surface area contributed by atoms with Gasteiger partial charge in [-0.3, -0.25) is 0 Å². The zero-order chi connectivity index (χ0) is 14.4. The lowest BCUT2D eigenvalue weighted by Crippen LogP contribution is -2.49. The molecule has 7 heteroatoms. The van der Waals surface area contributed by atoms with E-state index in [9.17, 15) is 0 Å². The van der Waals surface area contributed by atoms with Crippen molar-refractivity contribution >= 4 is 9.05 Å². The molecule has 1 fully saturated rings. The summed E-state index contributed by atoms with van der Waals surface area (Å²) in [4.78, 5) is 0. The third kappa shape index (κ3) is 9.50. The van der Waals surface area contributed by atoms with Crippen LogP contribution in [0.4, 0.5) is 0 Å². The van der Waals surface area contributed by atoms with Crippen molar-refractivity contribution in [2.45, 2.75) is 27.7 Å². The molecule has 116 valence electrons. The topological polar surface area (TPSA) is 55.4 Å². The van der Waals surface area contributed by atoms with Gasteiger partial charge in [-0.1, -0.05) is 0 Å². The van der Waals surface area contributed by atoms with Crippen LogP contribution in [-0.2, 0) is 27.2 Å². The van der Waals surface area contributed by atoms with Crippen molar-refractivity contribution in [2.75, 3.05) is 52.9 Å². The molecule has 0 atom stereocenters. The molecule has 0 spiro atoms. The van der Waals surface area contributed by atoms with Crippen molar-refractivity contribution in [3.05, 3.63) is 0 Å². The van der Waals surface area contributed by atoms with E-state index in [2.05, 4.69) is 0 Å². The largest absolute Gasteiger partial charge is 0.679 e. The Labute approximate surface area is 117 Å². The fourth-order valence-electron chi connectivity index (χ4n) is 1.40. The monoisotopic (exact) mass is 296 g/mol. The van der Waals surface area contributed by atoms with Crippen LogP contribution < -0.4 is 0 Å². The summed E-state index contributed by atoms with van der Waals surface area (Å²) in [5, 5.41) is 0. The molecule has 1 heterocycles. The highest BCUT2D eigenvalue weighted by atomic mass is 28.4. The average Bonchev–Trinajstić information content (AvgIpc) is 2.43. The van der Waals surface area contributed by atoms with E-state index in [1.165, 1.54) is 0 Å². The summed E-state index contributed by atoms with van der Waals surface area (Å²) >= 11 is 0. The van der Waals surface area contributed by atoms with Crippen LogP contribution in [0.3, 0.4) is 0 Å². The van der Waals surface area contributed by atoms with Gasteiger partial charge in [-0.05, 0) is 27.7 Å². The van der Waals surface area contributed by atoms with Crippen LogP contribution in [0, 0.1) is 0 Å². The zero-order valence-electron chi connectivity index (χ0n) is 12.6. The lowest BCUT2D eigenvalue weighted by molar-refractivity contribution is -0.0334. The van der Waals surface area contributed by atoms with Crippen LogP contribution in [-0.4, -0.2) is 61.9 Å². The second-order valence-electron chi connectivity index (χ2n) is 3.46. The lowest BCUT2D eigenvalue weighted by atomic mass is 10.6. The molecule has 0 unspecified atom stereocenters. The molecule has 0 aromatic rings. The lowest BCUT2D eigenvalue weighted by Gasteiger charge is -2.26. The van der Waals surface area contributed by atoms with Crippen LogP contribution in [0.2, 0.25) is 0 Å². The molecule has 0 saturated carbocycles. The quantitative estimate of drug-likeness (QED) is 0.634. The molecule has 0 N–H and O–H groups in total. The molecule has 0 aromatic heterocycles. The molecule has 1 saturated heterocycles. The van der Waals surface area contributed by atoms with Gasteiger partial charge < -0.3 is 27.2 Å². The molecule has 19 heavy (non-hydrogen) atoms. The summed E-state index contributed by atoms with van der Waals surface area (Å²) in [7, 11) is -2.80. The van der Waals surface area contributed by atoms with Crippen LogP contribution in [0.5, 0.6) is 0 Å². The van der Waals surface area contributed by atoms with E-state index >= 15 is 0 Å². The molecular weight excluding hydrogens is 268 g/mol. The van der Waals surface area contributed by atoms with Gasteiger partial charge in [0, 0.05) is 26.4 Å².